The van der Waals surface area contributed by atoms with E-state index in [1.54, 1.807) is 13.2 Å². The van der Waals surface area contributed by atoms with Crippen molar-refractivity contribution in [3.8, 4) is 11.5 Å². The molecule has 2 rings (SSSR count). The van der Waals surface area contributed by atoms with Crippen LogP contribution in [0.25, 0.3) is 0 Å². The van der Waals surface area contributed by atoms with Gasteiger partial charge in [-0.1, -0.05) is 53.6 Å². The molecule has 0 aliphatic heterocycles. The summed E-state index contributed by atoms with van der Waals surface area (Å²) in [6, 6.07) is 11.6. The minimum Gasteiger partial charge on any atom is -0.507 e. The molecule has 0 saturated heterocycles. The fourth-order valence-electron chi connectivity index (χ4n) is 3.20. The summed E-state index contributed by atoms with van der Waals surface area (Å²) in [6.45, 7) is 6.13. The van der Waals surface area contributed by atoms with Crippen LogP contribution in [0.1, 0.15) is 54.2 Å². The van der Waals surface area contributed by atoms with E-state index in [0.29, 0.717) is 36.1 Å². The lowest BCUT2D eigenvalue weighted by atomic mass is 9.94. The molecular formula is C25H30O4. The van der Waals surface area contributed by atoms with Gasteiger partial charge >= 0.3 is 5.97 Å². The summed E-state index contributed by atoms with van der Waals surface area (Å²) < 4.78 is 5.49. The SMILES string of the molecule is COc1cc(CCc2ccccc2)c(C(=O)O)c(O)c1C/C=C(\C)CC=C(C)C. The van der Waals surface area contributed by atoms with Gasteiger partial charge in [0.25, 0.3) is 0 Å². The Labute approximate surface area is 173 Å². The highest BCUT2D eigenvalue weighted by Crippen LogP contribution is 2.36. The molecule has 0 unspecified atom stereocenters. The second-order valence-corrected chi connectivity index (χ2v) is 7.47. The monoisotopic (exact) mass is 394 g/mol. The fraction of sp³-hybridized carbons (Fsp3) is 0.320. The molecule has 4 nitrogen and oxygen atoms in total. The van der Waals surface area contributed by atoms with Crippen molar-refractivity contribution in [1.82, 2.24) is 0 Å². The van der Waals surface area contributed by atoms with Crippen LogP contribution in [-0.2, 0) is 19.3 Å². The van der Waals surface area contributed by atoms with Crippen LogP contribution in [0, 0.1) is 0 Å². The van der Waals surface area contributed by atoms with E-state index in [1.165, 1.54) is 5.57 Å². The van der Waals surface area contributed by atoms with Gasteiger partial charge in [-0.3, -0.25) is 0 Å². The number of aryl methyl sites for hydroxylation is 2. The number of carboxylic acids is 1. The molecule has 0 radical (unpaired) electrons. The third-order valence-electron chi connectivity index (χ3n) is 4.89. The molecule has 0 bridgehead atoms. The molecular weight excluding hydrogens is 364 g/mol. The van der Waals surface area contributed by atoms with E-state index in [2.05, 4.69) is 19.9 Å². The van der Waals surface area contributed by atoms with E-state index in [0.717, 1.165) is 17.6 Å². The first-order valence-electron chi connectivity index (χ1n) is 9.81. The highest BCUT2D eigenvalue weighted by Gasteiger charge is 2.22. The van der Waals surface area contributed by atoms with Crippen LogP contribution in [0.2, 0.25) is 0 Å². The van der Waals surface area contributed by atoms with Crippen LogP contribution in [0.3, 0.4) is 0 Å². The summed E-state index contributed by atoms with van der Waals surface area (Å²) in [5.41, 5.74) is 4.55. The van der Waals surface area contributed by atoms with E-state index in [9.17, 15) is 15.0 Å². The smallest absolute Gasteiger partial charge is 0.339 e. The Morgan fingerprint density at radius 2 is 1.76 bits per heavy atom. The molecule has 0 aromatic heterocycles. The molecule has 0 amide bonds. The third-order valence-corrected chi connectivity index (χ3v) is 4.89. The molecule has 0 saturated carbocycles. The predicted octanol–water partition coefficient (Wildman–Crippen LogP) is 5.73. The zero-order valence-electron chi connectivity index (χ0n) is 17.7. The van der Waals surface area contributed by atoms with Gasteiger partial charge in [0, 0.05) is 5.56 Å². The number of methoxy groups -OCH3 is 1. The lowest BCUT2D eigenvalue weighted by Crippen LogP contribution is -2.08. The number of benzene rings is 2. The quantitative estimate of drug-likeness (QED) is 0.533. The standard InChI is InChI=1S/C25H30O4/c1-17(2)10-11-18(3)12-15-21-22(29-4)16-20(23(24(21)26)25(27)28)14-13-19-8-6-5-7-9-19/h5-10,12,16,26H,11,13-15H2,1-4H3,(H,27,28)/b18-12+. The van der Waals surface area contributed by atoms with Crippen molar-refractivity contribution in [1.29, 1.82) is 0 Å². The molecule has 0 spiro atoms. The molecule has 2 aromatic carbocycles. The summed E-state index contributed by atoms with van der Waals surface area (Å²) in [7, 11) is 1.54. The number of ether oxygens (including phenoxy) is 1. The van der Waals surface area contributed by atoms with Crippen LogP contribution < -0.4 is 4.74 Å². The maximum absolute atomic E-state index is 11.9. The first-order valence-corrected chi connectivity index (χ1v) is 9.81. The number of allylic oxidation sites excluding steroid dienone is 4. The van der Waals surface area contributed by atoms with Gasteiger partial charge in [0.05, 0.1) is 7.11 Å². The lowest BCUT2D eigenvalue weighted by Gasteiger charge is -2.16. The summed E-state index contributed by atoms with van der Waals surface area (Å²) in [5, 5.41) is 20.5. The van der Waals surface area contributed by atoms with Crippen LogP contribution in [-0.4, -0.2) is 23.3 Å². The number of carboxylic acid groups (broad SMARTS) is 1. The highest BCUT2D eigenvalue weighted by atomic mass is 16.5. The number of aromatic carboxylic acids is 1. The largest absolute Gasteiger partial charge is 0.507 e. The maximum atomic E-state index is 11.9. The first-order chi connectivity index (χ1) is 13.8. The van der Waals surface area contributed by atoms with Crippen LogP contribution in [0.5, 0.6) is 11.5 Å². The average Bonchev–Trinajstić information content (AvgIpc) is 2.69. The van der Waals surface area contributed by atoms with Gasteiger partial charge in [-0.05, 0) is 63.6 Å². The van der Waals surface area contributed by atoms with E-state index >= 15 is 0 Å². The van der Waals surface area contributed by atoms with Crippen LogP contribution in [0.4, 0.5) is 0 Å². The molecule has 0 aliphatic rings. The molecule has 0 aliphatic carbocycles. The normalized spacial score (nSPS) is 11.2. The van der Waals surface area contributed by atoms with Crippen molar-refractivity contribution in [3.05, 3.63) is 82.0 Å². The molecule has 0 heterocycles. The van der Waals surface area contributed by atoms with Crippen molar-refractivity contribution >= 4 is 5.97 Å². The van der Waals surface area contributed by atoms with Crippen LogP contribution in [0.15, 0.2) is 59.7 Å². The van der Waals surface area contributed by atoms with Crippen molar-refractivity contribution in [2.24, 2.45) is 0 Å². The topological polar surface area (TPSA) is 66.8 Å². The summed E-state index contributed by atoms with van der Waals surface area (Å²) in [4.78, 5) is 11.9. The number of hydrogen-bond acceptors (Lipinski definition) is 3. The van der Waals surface area contributed by atoms with Gasteiger partial charge in [-0.25, -0.2) is 4.79 Å². The highest BCUT2D eigenvalue weighted by molar-refractivity contribution is 5.93. The van der Waals surface area contributed by atoms with Gasteiger partial charge in [0.1, 0.15) is 17.1 Å². The lowest BCUT2D eigenvalue weighted by molar-refractivity contribution is 0.0692. The maximum Gasteiger partial charge on any atom is 0.339 e. The number of aromatic hydroxyl groups is 1. The molecule has 2 aromatic rings. The second-order valence-electron chi connectivity index (χ2n) is 7.47. The number of phenols is 1. The van der Waals surface area contributed by atoms with Crippen molar-refractivity contribution in [3.63, 3.8) is 0 Å². The molecule has 0 fully saturated rings. The molecule has 29 heavy (non-hydrogen) atoms. The summed E-state index contributed by atoms with van der Waals surface area (Å²) in [6.07, 6.45) is 6.57. The van der Waals surface area contributed by atoms with Crippen molar-refractivity contribution in [2.45, 2.75) is 46.5 Å². The van der Waals surface area contributed by atoms with Gasteiger partial charge < -0.3 is 14.9 Å². The molecule has 2 N–H and O–H groups in total. The Kier molecular flexibility index (Phi) is 8.08. The van der Waals surface area contributed by atoms with Gasteiger partial charge in [0.15, 0.2) is 0 Å². The van der Waals surface area contributed by atoms with Gasteiger partial charge in [-0.2, -0.15) is 0 Å². The van der Waals surface area contributed by atoms with E-state index < -0.39 is 5.97 Å². The van der Waals surface area contributed by atoms with E-state index in [-0.39, 0.29) is 11.3 Å². The van der Waals surface area contributed by atoms with Crippen molar-refractivity contribution in [2.75, 3.05) is 7.11 Å². The van der Waals surface area contributed by atoms with Gasteiger partial charge in [-0.15, -0.1) is 0 Å². The Hall–Kier alpha value is -3.01. The first kappa shape index (κ1) is 22.3. The minimum atomic E-state index is -1.13. The van der Waals surface area contributed by atoms with Crippen molar-refractivity contribution < 1.29 is 19.7 Å². The molecule has 4 heteroatoms. The fourth-order valence-corrected chi connectivity index (χ4v) is 3.20. The average molecular weight is 395 g/mol. The summed E-state index contributed by atoms with van der Waals surface area (Å²) >= 11 is 0. The van der Waals surface area contributed by atoms with E-state index in [4.69, 9.17) is 4.74 Å². The zero-order chi connectivity index (χ0) is 21.4. The Bertz CT molecular complexity index is 904. The minimum absolute atomic E-state index is 0.0351. The number of carbonyl (C=O) groups is 1. The van der Waals surface area contributed by atoms with Crippen LogP contribution >= 0.6 is 0 Å². The predicted molar refractivity (Wildman–Crippen MR) is 117 cm³/mol. The third kappa shape index (κ3) is 6.24. The summed E-state index contributed by atoms with van der Waals surface area (Å²) in [5.74, 6) is -0.812. The number of hydrogen-bond donors (Lipinski definition) is 2. The molecule has 154 valence electrons. The zero-order valence-corrected chi connectivity index (χ0v) is 17.7. The second kappa shape index (κ2) is 10.5. The Balaban J connectivity index is 2.35. The molecule has 0 atom stereocenters. The van der Waals surface area contributed by atoms with Gasteiger partial charge in [0.2, 0.25) is 0 Å². The Morgan fingerprint density at radius 3 is 2.34 bits per heavy atom. The number of rotatable bonds is 9. The Morgan fingerprint density at radius 1 is 1.07 bits per heavy atom. The van der Waals surface area contributed by atoms with E-state index in [1.807, 2.05) is 43.3 Å².